The molecule has 0 aliphatic heterocycles. The van der Waals surface area contributed by atoms with E-state index in [1.54, 1.807) is 6.20 Å². The molecule has 1 rings (SSSR count). The van der Waals surface area contributed by atoms with Crippen LogP contribution in [0.25, 0.3) is 0 Å². The highest BCUT2D eigenvalue weighted by Gasteiger charge is 2.15. The summed E-state index contributed by atoms with van der Waals surface area (Å²) in [5.41, 5.74) is 0.761. The average molecular weight is 246 g/mol. The Morgan fingerprint density at radius 2 is 2.31 bits per heavy atom. The van der Waals surface area contributed by atoms with Gasteiger partial charge in [0.15, 0.2) is 0 Å². The lowest BCUT2D eigenvalue weighted by Crippen LogP contribution is -2.24. The van der Waals surface area contributed by atoms with Crippen molar-refractivity contribution < 1.29 is 8.42 Å². The Morgan fingerprint density at radius 1 is 1.56 bits per heavy atom. The predicted octanol–water partition coefficient (Wildman–Crippen LogP) is 0.280. The summed E-state index contributed by atoms with van der Waals surface area (Å²) in [5.74, 6) is 0.154. The number of nitrogens with zero attached hydrogens (tertiary/aromatic N) is 2. The molecule has 16 heavy (non-hydrogen) atoms. The summed E-state index contributed by atoms with van der Waals surface area (Å²) in [7, 11) is -2.93. The van der Waals surface area contributed by atoms with Crippen molar-refractivity contribution in [2.45, 2.75) is 25.8 Å². The van der Waals surface area contributed by atoms with Gasteiger partial charge in [-0.05, 0) is 19.4 Å². The Bertz CT molecular complexity index is 388. The molecule has 1 unspecified atom stereocenters. The largest absolute Gasteiger partial charge is 0.309 e. The van der Waals surface area contributed by atoms with E-state index in [2.05, 4.69) is 27.7 Å². The Morgan fingerprint density at radius 3 is 2.81 bits per heavy atom. The molecular formula is C9H18N4O2S. The van der Waals surface area contributed by atoms with Crippen molar-refractivity contribution >= 4 is 9.84 Å². The summed E-state index contributed by atoms with van der Waals surface area (Å²) in [6.45, 7) is 2.89. The number of hydrogen-bond donors (Lipinski definition) is 2. The van der Waals surface area contributed by atoms with Crippen LogP contribution >= 0.6 is 0 Å². The number of hydrogen-bond acceptors (Lipinski definition) is 5. The highest BCUT2D eigenvalue weighted by molar-refractivity contribution is 7.90. The number of rotatable bonds is 7. The third kappa shape index (κ3) is 4.71. The average Bonchev–Trinajstić information content (AvgIpc) is 2.69. The maximum Gasteiger partial charge on any atom is 0.147 e. The van der Waals surface area contributed by atoms with Crippen molar-refractivity contribution in [3.63, 3.8) is 0 Å². The Kier molecular flexibility index (Phi) is 4.88. The second-order valence-electron chi connectivity index (χ2n) is 3.82. The van der Waals surface area contributed by atoms with Gasteiger partial charge in [-0.25, -0.2) is 8.42 Å². The van der Waals surface area contributed by atoms with Crippen LogP contribution in [0.2, 0.25) is 0 Å². The van der Waals surface area contributed by atoms with E-state index in [1.165, 1.54) is 6.26 Å². The van der Waals surface area contributed by atoms with Crippen LogP contribution in [0.4, 0.5) is 0 Å². The number of H-pyrrole nitrogens is 1. The van der Waals surface area contributed by atoms with Crippen LogP contribution < -0.4 is 5.32 Å². The summed E-state index contributed by atoms with van der Waals surface area (Å²) in [4.78, 5) is 0. The lowest BCUT2D eigenvalue weighted by Gasteiger charge is -2.14. The highest BCUT2D eigenvalue weighted by Crippen LogP contribution is 2.13. The zero-order valence-corrected chi connectivity index (χ0v) is 10.4. The number of aromatic amines is 1. The van der Waals surface area contributed by atoms with Crippen molar-refractivity contribution in [2.75, 3.05) is 18.6 Å². The molecule has 1 atom stereocenters. The number of sulfone groups is 1. The van der Waals surface area contributed by atoms with Gasteiger partial charge in [-0.15, -0.1) is 0 Å². The quantitative estimate of drug-likeness (QED) is 0.721. The van der Waals surface area contributed by atoms with E-state index in [1.807, 2.05) is 0 Å². The lowest BCUT2D eigenvalue weighted by atomic mass is 10.1. The molecule has 0 bridgehead atoms. The standard InChI is InChI=1S/C9H18N4O2S/c1-3-5-10-8(4-6-16(2,14)15)9-7-11-13-12-9/h7-8,10H,3-6H2,1-2H3,(H,11,12,13). The van der Waals surface area contributed by atoms with Crippen molar-refractivity contribution in [1.82, 2.24) is 20.7 Å². The summed E-state index contributed by atoms with van der Waals surface area (Å²) < 4.78 is 22.2. The van der Waals surface area contributed by atoms with Crippen LogP contribution in [-0.4, -0.2) is 42.4 Å². The van der Waals surface area contributed by atoms with E-state index in [-0.39, 0.29) is 11.8 Å². The van der Waals surface area contributed by atoms with Crippen molar-refractivity contribution in [3.8, 4) is 0 Å². The van der Waals surface area contributed by atoms with Crippen LogP contribution in [0, 0.1) is 0 Å². The zero-order valence-electron chi connectivity index (χ0n) is 9.60. The fourth-order valence-corrected chi connectivity index (χ4v) is 2.05. The Balaban J connectivity index is 2.58. The summed E-state index contributed by atoms with van der Waals surface area (Å²) >= 11 is 0. The molecule has 0 aliphatic rings. The van der Waals surface area contributed by atoms with E-state index in [0.717, 1.165) is 18.7 Å². The second-order valence-corrected chi connectivity index (χ2v) is 6.08. The molecule has 7 heteroatoms. The molecule has 0 fully saturated rings. The first kappa shape index (κ1) is 13.1. The van der Waals surface area contributed by atoms with Gasteiger partial charge in [0, 0.05) is 6.26 Å². The van der Waals surface area contributed by atoms with Gasteiger partial charge in [0.05, 0.1) is 23.7 Å². The van der Waals surface area contributed by atoms with E-state index in [4.69, 9.17) is 0 Å². The monoisotopic (exact) mass is 246 g/mol. The van der Waals surface area contributed by atoms with Crippen LogP contribution in [0.15, 0.2) is 6.20 Å². The second kappa shape index (κ2) is 5.95. The molecule has 0 radical (unpaired) electrons. The molecule has 0 saturated carbocycles. The van der Waals surface area contributed by atoms with Crippen LogP contribution in [0.3, 0.4) is 0 Å². The molecular weight excluding hydrogens is 228 g/mol. The molecule has 92 valence electrons. The minimum absolute atomic E-state index is 0.0478. The van der Waals surface area contributed by atoms with Gasteiger partial charge in [0.2, 0.25) is 0 Å². The summed E-state index contributed by atoms with van der Waals surface area (Å²) in [6, 6.07) is -0.0478. The van der Waals surface area contributed by atoms with Crippen molar-refractivity contribution in [2.24, 2.45) is 0 Å². The van der Waals surface area contributed by atoms with Gasteiger partial charge in [-0.1, -0.05) is 6.92 Å². The predicted molar refractivity (Wildman–Crippen MR) is 61.7 cm³/mol. The fourth-order valence-electron chi connectivity index (χ4n) is 1.38. The van der Waals surface area contributed by atoms with Gasteiger partial charge in [0.25, 0.3) is 0 Å². The Hall–Kier alpha value is -0.950. The number of nitrogens with one attached hydrogen (secondary N) is 2. The van der Waals surface area contributed by atoms with Crippen molar-refractivity contribution in [3.05, 3.63) is 11.9 Å². The van der Waals surface area contributed by atoms with Gasteiger partial charge in [0.1, 0.15) is 9.84 Å². The van der Waals surface area contributed by atoms with Crippen LogP contribution in [0.5, 0.6) is 0 Å². The van der Waals surface area contributed by atoms with Gasteiger partial charge >= 0.3 is 0 Å². The fraction of sp³-hybridized carbons (Fsp3) is 0.778. The van der Waals surface area contributed by atoms with Gasteiger partial charge in [-0.2, -0.15) is 15.4 Å². The maximum absolute atomic E-state index is 11.1. The normalized spacial score (nSPS) is 13.9. The molecule has 2 N–H and O–H groups in total. The minimum Gasteiger partial charge on any atom is -0.309 e. The Labute approximate surface area is 95.7 Å². The number of aromatic nitrogens is 3. The van der Waals surface area contributed by atoms with Gasteiger partial charge < -0.3 is 5.32 Å². The van der Waals surface area contributed by atoms with E-state index in [0.29, 0.717) is 6.42 Å². The van der Waals surface area contributed by atoms with Crippen LogP contribution in [-0.2, 0) is 9.84 Å². The third-order valence-corrected chi connectivity index (χ3v) is 3.19. The van der Waals surface area contributed by atoms with Gasteiger partial charge in [-0.3, -0.25) is 0 Å². The van der Waals surface area contributed by atoms with Crippen molar-refractivity contribution in [1.29, 1.82) is 0 Å². The first-order valence-electron chi connectivity index (χ1n) is 5.29. The zero-order chi connectivity index (χ0) is 12.0. The third-order valence-electron chi connectivity index (χ3n) is 2.21. The highest BCUT2D eigenvalue weighted by atomic mass is 32.2. The molecule has 0 amide bonds. The maximum atomic E-state index is 11.1. The van der Waals surface area contributed by atoms with E-state index < -0.39 is 9.84 Å². The SMILES string of the molecule is CCCNC(CCS(C)(=O)=O)c1cn[nH]n1. The van der Waals surface area contributed by atoms with E-state index in [9.17, 15) is 8.42 Å². The molecule has 0 aromatic carbocycles. The summed E-state index contributed by atoms with van der Waals surface area (Å²) in [5, 5.41) is 13.5. The van der Waals surface area contributed by atoms with E-state index >= 15 is 0 Å². The molecule has 1 aromatic rings. The first-order chi connectivity index (χ1) is 7.53. The first-order valence-corrected chi connectivity index (χ1v) is 7.35. The molecule has 1 aromatic heterocycles. The minimum atomic E-state index is -2.93. The molecule has 1 heterocycles. The lowest BCUT2D eigenvalue weighted by molar-refractivity contribution is 0.502. The molecule has 6 nitrogen and oxygen atoms in total. The van der Waals surface area contributed by atoms with Crippen LogP contribution in [0.1, 0.15) is 31.5 Å². The summed E-state index contributed by atoms with van der Waals surface area (Å²) in [6.07, 6.45) is 4.38. The smallest absolute Gasteiger partial charge is 0.147 e. The topological polar surface area (TPSA) is 87.7 Å². The molecule has 0 aliphatic carbocycles. The molecule has 0 saturated heterocycles. The molecule has 0 spiro atoms.